The predicted octanol–water partition coefficient (Wildman–Crippen LogP) is 3.99. The fourth-order valence-electron chi connectivity index (χ4n) is 3.09. The lowest BCUT2D eigenvalue weighted by Gasteiger charge is -2.55. The van der Waals surface area contributed by atoms with E-state index in [1.54, 1.807) is 0 Å². The lowest BCUT2D eigenvalue weighted by molar-refractivity contribution is -0.130. The molecular formula is C13H23ClO. The summed E-state index contributed by atoms with van der Waals surface area (Å²) in [5, 5.41) is 0.384. The Kier molecular flexibility index (Phi) is 3.62. The van der Waals surface area contributed by atoms with Gasteiger partial charge >= 0.3 is 0 Å². The van der Waals surface area contributed by atoms with Crippen molar-refractivity contribution < 1.29 is 4.74 Å². The van der Waals surface area contributed by atoms with Crippen molar-refractivity contribution in [3.63, 3.8) is 0 Å². The molecule has 2 unspecified atom stereocenters. The van der Waals surface area contributed by atoms with Gasteiger partial charge < -0.3 is 4.74 Å². The largest absolute Gasteiger partial charge is 0.377 e. The molecule has 2 heteroatoms. The molecule has 0 aromatic rings. The molecule has 2 fully saturated rings. The molecule has 15 heavy (non-hydrogen) atoms. The van der Waals surface area contributed by atoms with Gasteiger partial charge in [-0.2, -0.15) is 0 Å². The fraction of sp³-hybridized carbons (Fsp3) is 1.00. The van der Waals surface area contributed by atoms with Gasteiger partial charge in [-0.05, 0) is 25.2 Å². The molecule has 0 aromatic heterocycles. The molecule has 2 saturated carbocycles. The van der Waals surface area contributed by atoms with E-state index < -0.39 is 0 Å². The molecule has 0 saturated heterocycles. The molecule has 0 heterocycles. The number of rotatable bonds is 3. The van der Waals surface area contributed by atoms with Crippen LogP contribution >= 0.6 is 11.6 Å². The van der Waals surface area contributed by atoms with Crippen LogP contribution in [-0.4, -0.2) is 18.1 Å². The molecule has 0 N–H and O–H groups in total. The summed E-state index contributed by atoms with van der Waals surface area (Å²) in [5.74, 6) is 0.639. The van der Waals surface area contributed by atoms with E-state index in [2.05, 4.69) is 13.8 Å². The quantitative estimate of drug-likeness (QED) is 0.667. The Labute approximate surface area is 98.5 Å². The molecule has 88 valence electrons. The number of halogens is 1. The van der Waals surface area contributed by atoms with Crippen molar-refractivity contribution in [2.24, 2.45) is 11.3 Å². The summed E-state index contributed by atoms with van der Waals surface area (Å²) < 4.78 is 6.02. The molecule has 0 amide bonds. The molecule has 0 aliphatic heterocycles. The first-order valence-corrected chi connectivity index (χ1v) is 6.84. The zero-order chi connectivity index (χ0) is 10.9. The van der Waals surface area contributed by atoms with Gasteiger partial charge in [0.2, 0.25) is 0 Å². The second-order valence-electron chi connectivity index (χ2n) is 5.71. The van der Waals surface area contributed by atoms with E-state index in [1.807, 2.05) is 0 Å². The van der Waals surface area contributed by atoms with Crippen molar-refractivity contribution in [2.75, 3.05) is 6.61 Å². The smallest absolute Gasteiger partial charge is 0.0659 e. The van der Waals surface area contributed by atoms with Crippen LogP contribution in [0.25, 0.3) is 0 Å². The van der Waals surface area contributed by atoms with Crippen molar-refractivity contribution >= 4 is 11.6 Å². The summed E-state index contributed by atoms with van der Waals surface area (Å²) in [4.78, 5) is 0. The second kappa shape index (κ2) is 4.63. The van der Waals surface area contributed by atoms with Crippen molar-refractivity contribution in [3.8, 4) is 0 Å². The van der Waals surface area contributed by atoms with Gasteiger partial charge in [0.05, 0.1) is 6.10 Å². The van der Waals surface area contributed by atoms with Crippen LogP contribution in [0.5, 0.6) is 0 Å². The van der Waals surface area contributed by atoms with Crippen LogP contribution in [0.4, 0.5) is 0 Å². The monoisotopic (exact) mass is 230 g/mol. The van der Waals surface area contributed by atoms with Crippen LogP contribution in [0, 0.1) is 11.3 Å². The maximum absolute atomic E-state index is 6.41. The Bertz CT molecular complexity index is 209. The Hall–Kier alpha value is 0.250. The third-order valence-electron chi connectivity index (χ3n) is 4.10. The van der Waals surface area contributed by atoms with Crippen LogP contribution < -0.4 is 0 Å². The van der Waals surface area contributed by atoms with Gasteiger partial charge in [-0.1, -0.05) is 33.1 Å². The van der Waals surface area contributed by atoms with Gasteiger partial charge in [0.15, 0.2) is 0 Å². The first-order valence-electron chi connectivity index (χ1n) is 6.41. The van der Waals surface area contributed by atoms with Crippen LogP contribution in [0.3, 0.4) is 0 Å². The van der Waals surface area contributed by atoms with Crippen molar-refractivity contribution in [2.45, 2.75) is 63.9 Å². The second-order valence-corrected chi connectivity index (χ2v) is 6.24. The Morgan fingerprint density at radius 1 is 1.27 bits per heavy atom. The van der Waals surface area contributed by atoms with Gasteiger partial charge in [-0.15, -0.1) is 11.6 Å². The highest BCUT2D eigenvalue weighted by molar-refractivity contribution is 6.21. The summed E-state index contributed by atoms with van der Waals surface area (Å²) >= 11 is 6.41. The molecule has 2 atom stereocenters. The third-order valence-corrected chi connectivity index (χ3v) is 4.71. The maximum atomic E-state index is 6.41. The van der Waals surface area contributed by atoms with Crippen molar-refractivity contribution in [1.29, 1.82) is 0 Å². The maximum Gasteiger partial charge on any atom is 0.0659 e. The number of ether oxygens (including phenoxy) is 1. The van der Waals surface area contributed by atoms with E-state index in [4.69, 9.17) is 16.3 Å². The van der Waals surface area contributed by atoms with Gasteiger partial charge in [-0.3, -0.25) is 0 Å². The van der Waals surface area contributed by atoms with E-state index >= 15 is 0 Å². The number of hydrogen-bond donors (Lipinski definition) is 0. The fourth-order valence-corrected chi connectivity index (χ4v) is 3.61. The minimum absolute atomic E-state index is 0.356. The highest BCUT2D eigenvalue weighted by Gasteiger charge is 2.54. The SMILES string of the molecule is CC(C)COC1CC(Cl)C12CCCCC2. The normalized spacial score (nSPS) is 34.4. The molecule has 0 aromatic carbocycles. The Morgan fingerprint density at radius 2 is 1.93 bits per heavy atom. The molecule has 2 rings (SSSR count). The molecule has 2 aliphatic rings. The lowest BCUT2D eigenvalue weighted by Crippen LogP contribution is -2.56. The molecule has 2 aliphatic carbocycles. The number of hydrogen-bond acceptors (Lipinski definition) is 1. The minimum Gasteiger partial charge on any atom is -0.377 e. The standard InChI is InChI=1S/C13H23ClO/c1-10(2)9-15-12-8-11(14)13(12)6-4-3-5-7-13/h10-12H,3-9H2,1-2H3. The molecule has 0 bridgehead atoms. The van der Waals surface area contributed by atoms with Gasteiger partial charge in [0.25, 0.3) is 0 Å². The average Bonchev–Trinajstić information content (AvgIpc) is 2.25. The van der Waals surface area contributed by atoms with E-state index in [0.717, 1.165) is 13.0 Å². The molecule has 0 radical (unpaired) electrons. The minimum atomic E-state index is 0.356. The lowest BCUT2D eigenvalue weighted by atomic mass is 9.58. The van der Waals surface area contributed by atoms with Crippen LogP contribution in [0.2, 0.25) is 0 Å². The molecule has 1 nitrogen and oxygen atoms in total. The molecular weight excluding hydrogens is 208 g/mol. The highest BCUT2D eigenvalue weighted by Crippen LogP contribution is 2.55. The highest BCUT2D eigenvalue weighted by atomic mass is 35.5. The van der Waals surface area contributed by atoms with Crippen molar-refractivity contribution in [3.05, 3.63) is 0 Å². The Morgan fingerprint density at radius 3 is 2.47 bits per heavy atom. The average molecular weight is 231 g/mol. The summed E-state index contributed by atoms with van der Waals surface area (Å²) in [6, 6.07) is 0. The summed E-state index contributed by atoms with van der Waals surface area (Å²) in [6.45, 7) is 5.32. The Balaban J connectivity index is 1.90. The van der Waals surface area contributed by atoms with Gasteiger partial charge in [0.1, 0.15) is 0 Å². The summed E-state index contributed by atoms with van der Waals surface area (Å²) in [6.07, 6.45) is 8.22. The topological polar surface area (TPSA) is 9.23 Å². The summed E-state index contributed by atoms with van der Waals surface area (Å²) in [5.41, 5.74) is 0.356. The van der Waals surface area contributed by atoms with Crippen molar-refractivity contribution in [1.82, 2.24) is 0 Å². The number of alkyl halides is 1. The van der Waals surface area contributed by atoms with Crippen LogP contribution in [-0.2, 0) is 4.74 Å². The zero-order valence-electron chi connectivity index (χ0n) is 9.97. The van der Waals surface area contributed by atoms with E-state index in [-0.39, 0.29) is 0 Å². The summed E-state index contributed by atoms with van der Waals surface area (Å²) in [7, 11) is 0. The third kappa shape index (κ3) is 2.19. The first-order chi connectivity index (χ1) is 7.15. The van der Waals surface area contributed by atoms with Gasteiger partial charge in [0, 0.05) is 17.4 Å². The van der Waals surface area contributed by atoms with E-state index in [9.17, 15) is 0 Å². The van der Waals surface area contributed by atoms with Gasteiger partial charge in [-0.25, -0.2) is 0 Å². The molecule has 1 spiro atoms. The predicted molar refractivity (Wildman–Crippen MR) is 64.4 cm³/mol. The zero-order valence-corrected chi connectivity index (χ0v) is 10.7. The van der Waals surface area contributed by atoms with E-state index in [0.29, 0.717) is 22.8 Å². The van der Waals surface area contributed by atoms with Crippen LogP contribution in [0.1, 0.15) is 52.4 Å². The first kappa shape index (κ1) is 11.7. The van der Waals surface area contributed by atoms with Crippen LogP contribution in [0.15, 0.2) is 0 Å². The van der Waals surface area contributed by atoms with E-state index in [1.165, 1.54) is 32.1 Å².